The molecule has 0 aromatic heterocycles. The van der Waals surface area contributed by atoms with Crippen molar-refractivity contribution in [1.82, 2.24) is 0 Å². The molecule has 0 bridgehead atoms. The molecule has 1 fully saturated rings. The molecule has 8 nitrogen and oxygen atoms in total. The Morgan fingerprint density at radius 3 is 2.56 bits per heavy atom. The van der Waals surface area contributed by atoms with Crippen LogP contribution in [0.1, 0.15) is 21.5 Å². The fraction of sp³-hybridized carbons (Fsp3) is 0.269. The molecule has 34 heavy (non-hydrogen) atoms. The number of rotatable bonds is 6. The SMILES string of the molecule is O=C(Nc1ccccc1CN1CCc2ccccc21)c1cc([N+](=O)[O-])ccc1N1CCOCC1. The predicted molar refractivity (Wildman–Crippen MR) is 132 cm³/mol. The average molecular weight is 459 g/mol. The lowest BCUT2D eigenvalue weighted by Gasteiger charge is -2.30. The molecule has 5 rings (SSSR count). The highest BCUT2D eigenvalue weighted by atomic mass is 16.6. The molecule has 0 radical (unpaired) electrons. The number of carbonyl (C=O) groups excluding carboxylic acids is 1. The minimum Gasteiger partial charge on any atom is -0.378 e. The molecular weight excluding hydrogens is 432 g/mol. The second-order valence-electron chi connectivity index (χ2n) is 8.47. The number of carbonyl (C=O) groups is 1. The lowest BCUT2D eigenvalue weighted by atomic mass is 10.1. The zero-order valence-corrected chi connectivity index (χ0v) is 18.8. The van der Waals surface area contributed by atoms with Gasteiger partial charge in [-0.05, 0) is 35.7 Å². The number of fused-ring (bicyclic) bond motifs is 1. The summed E-state index contributed by atoms with van der Waals surface area (Å²) in [6.45, 7) is 3.95. The van der Waals surface area contributed by atoms with E-state index in [1.807, 2.05) is 35.2 Å². The van der Waals surface area contributed by atoms with Gasteiger partial charge in [-0.1, -0.05) is 36.4 Å². The first-order chi connectivity index (χ1) is 16.6. The molecule has 0 atom stereocenters. The molecular formula is C26H26N4O4. The van der Waals surface area contributed by atoms with Crippen LogP contribution in [0.4, 0.5) is 22.7 Å². The third kappa shape index (κ3) is 4.45. The molecule has 0 aliphatic carbocycles. The van der Waals surface area contributed by atoms with Crippen molar-refractivity contribution in [1.29, 1.82) is 0 Å². The fourth-order valence-corrected chi connectivity index (χ4v) is 4.65. The molecule has 2 aliphatic heterocycles. The monoisotopic (exact) mass is 458 g/mol. The van der Waals surface area contributed by atoms with Crippen LogP contribution in [0, 0.1) is 10.1 Å². The Morgan fingerprint density at radius 1 is 0.971 bits per heavy atom. The highest BCUT2D eigenvalue weighted by molar-refractivity contribution is 6.09. The lowest BCUT2D eigenvalue weighted by molar-refractivity contribution is -0.384. The van der Waals surface area contributed by atoms with Crippen molar-refractivity contribution in [2.75, 3.05) is 48.0 Å². The third-order valence-corrected chi connectivity index (χ3v) is 6.40. The van der Waals surface area contributed by atoms with Crippen molar-refractivity contribution in [2.45, 2.75) is 13.0 Å². The summed E-state index contributed by atoms with van der Waals surface area (Å²) < 4.78 is 5.43. The molecule has 2 aliphatic rings. The summed E-state index contributed by atoms with van der Waals surface area (Å²) in [6, 6.07) is 20.6. The minimum atomic E-state index is -0.474. The number of nitro benzene ring substituents is 1. The quantitative estimate of drug-likeness (QED) is 0.439. The number of benzene rings is 3. The fourth-order valence-electron chi connectivity index (χ4n) is 4.65. The molecule has 0 saturated carbocycles. The Balaban J connectivity index is 1.42. The number of morpholine rings is 1. The first-order valence-electron chi connectivity index (χ1n) is 11.4. The zero-order chi connectivity index (χ0) is 23.5. The van der Waals surface area contributed by atoms with Crippen LogP contribution in [0.3, 0.4) is 0 Å². The number of hydrogen-bond donors (Lipinski definition) is 1. The first kappa shape index (κ1) is 21.9. The first-order valence-corrected chi connectivity index (χ1v) is 11.4. The number of para-hydroxylation sites is 2. The summed E-state index contributed by atoms with van der Waals surface area (Å²) in [6.07, 6.45) is 1.00. The number of nitrogens with zero attached hydrogens (tertiary/aromatic N) is 3. The van der Waals surface area contributed by atoms with Gasteiger partial charge in [0.05, 0.1) is 29.4 Å². The maximum absolute atomic E-state index is 13.4. The number of nitrogens with one attached hydrogen (secondary N) is 1. The van der Waals surface area contributed by atoms with Gasteiger partial charge < -0.3 is 19.9 Å². The number of amides is 1. The number of non-ortho nitro benzene ring substituents is 1. The van der Waals surface area contributed by atoms with E-state index in [1.54, 1.807) is 6.07 Å². The zero-order valence-electron chi connectivity index (χ0n) is 18.8. The predicted octanol–water partition coefficient (Wildman–Crippen LogP) is 4.25. The number of anilines is 3. The van der Waals surface area contributed by atoms with Gasteiger partial charge in [-0.25, -0.2) is 0 Å². The van der Waals surface area contributed by atoms with Gasteiger partial charge in [-0.3, -0.25) is 14.9 Å². The summed E-state index contributed by atoms with van der Waals surface area (Å²) in [4.78, 5) is 28.7. The normalized spacial score (nSPS) is 15.2. The molecule has 174 valence electrons. The van der Waals surface area contributed by atoms with Gasteiger partial charge >= 0.3 is 0 Å². The number of nitro groups is 1. The summed E-state index contributed by atoms with van der Waals surface area (Å²) in [5, 5.41) is 14.4. The molecule has 0 spiro atoms. The van der Waals surface area contributed by atoms with E-state index in [0.29, 0.717) is 44.2 Å². The van der Waals surface area contributed by atoms with Gasteiger partial charge in [-0.15, -0.1) is 0 Å². The van der Waals surface area contributed by atoms with Crippen molar-refractivity contribution in [3.63, 3.8) is 0 Å². The van der Waals surface area contributed by atoms with Crippen LogP contribution >= 0.6 is 0 Å². The van der Waals surface area contributed by atoms with Crippen molar-refractivity contribution in [3.05, 3.63) is 93.5 Å². The highest BCUT2D eigenvalue weighted by Gasteiger charge is 2.24. The molecule has 1 N–H and O–H groups in total. The maximum atomic E-state index is 13.4. The summed E-state index contributed by atoms with van der Waals surface area (Å²) in [7, 11) is 0. The maximum Gasteiger partial charge on any atom is 0.270 e. The smallest absolute Gasteiger partial charge is 0.270 e. The van der Waals surface area contributed by atoms with Crippen LogP contribution in [0.25, 0.3) is 0 Å². The van der Waals surface area contributed by atoms with Gasteiger partial charge in [0, 0.05) is 49.7 Å². The second kappa shape index (κ2) is 9.52. The number of ether oxygens (including phenoxy) is 1. The molecule has 0 unspecified atom stereocenters. The molecule has 8 heteroatoms. The Bertz CT molecular complexity index is 1220. The van der Waals surface area contributed by atoms with Crippen LogP contribution in [-0.2, 0) is 17.7 Å². The number of hydrogen-bond acceptors (Lipinski definition) is 6. The van der Waals surface area contributed by atoms with E-state index in [2.05, 4.69) is 28.4 Å². The minimum absolute atomic E-state index is 0.107. The van der Waals surface area contributed by atoms with Crippen molar-refractivity contribution >= 4 is 28.7 Å². The van der Waals surface area contributed by atoms with E-state index in [9.17, 15) is 14.9 Å². The van der Waals surface area contributed by atoms with Crippen LogP contribution in [0.15, 0.2) is 66.7 Å². The van der Waals surface area contributed by atoms with E-state index in [0.717, 1.165) is 18.5 Å². The molecule has 3 aromatic rings. The molecule has 1 amide bonds. The van der Waals surface area contributed by atoms with Crippen LogP contribution in [0.2, 0.25) is 0 Å². The van der Waals surface area contributed by atoms with Crippen LogP contribution < -0.4 is 15.1 Å². The standard InChI is InChI=1S/C26H26N4O4/c31-26(22-17-21(30(32)33)9-10-25(22)28-13-15-34-16-14-28)27-23-7-3-1-6-20(23)18-29-12-11-19-5-2-4-8-24(19)29/h1-10,17H,11-16,18H2,(H,27,31). The van der Waals surface area contributed by atoms with E-state index >= 15 is 0 Å². The summed E-state index contributed by atoms with van der Waals surface area (Å²) >= 11 is 0. The largest absolute Gasteiger partial charge is 0.378 e. The lowest BCUT2D eigenvalue weighted by Crippen LogP contribution is -2.37. The Hall–Kier alpha value is -3.91. The van der Waals surface area contributed by atoms with Crippen molar-refractivity contribution in [2.24, 2.45) is 0 Å². The average Bonchev–Trinajstić information content (AvgIpc) is 3.28. The van der Waals surface area contributed by atoms with E-state index < -0.39 is 4.92 Å². The molecule has 2 heterocycles. The third-order valence-electron chi connectivity index (χ3n) is 6.40. The van der Waals surface area contributed by atoms with E-state index in [4.69, 9.17) is 4.74 Å². The Kier molecular flexibility index (Phi) is 6.14. The van der Waals surface area contributed by atoms with Crippen LogP contribution in [-0.4, -0.2) is 43.7 Å². The van der Waals surface area contributed by atoms with Gasteiger partial charge in [0.2, 0.25) is 0 Å². The van der Waals surface area contributed by atoms with Gasteiger partial charge in [0.15, 0.2) is 0 Å². The second-order valence-corrected chi connectivity index (χ2v) is 8.47. The van der Waals surface area contributed by atoms with Crippen molar-refractivity contribution in [3.8, 4) is 0 Å². The van der Waals surface area contributed by atoms with E-state index in [1.165, 1.54) is 23.4 Å². The summed E-state index contributed by atoms with van der Waals surface area (Å²) in [5.41, 5.74) is 5.11. The molecule has 1 saturated heterocycles. The van der Waals surface area contributed by atoms with Gasteiger partial charge in [-0.2, -0.15) is 0 Å². The van der Waals surface area contributed by atoms with Gasteiger partial charge in [0.25, 0.3) is 11.6 Å². The van der Waals surface area contributed by atoms with Crippen molar-refractivity contribution < 1.29 is 14.5 Å². The van der Waals surface area contributed by atoms with Crippen LogP contribution in [0.5, 0.6) is 0 Å². The summed E-state index contributed by atoms with van der Waals surface area (Å²) in [5.74, 6) is -0.362. The topological polar surface area (TPSA) is 88.0 Å². The van der Waals surface area contributed by atoms with Gasteiger partial charge in [0.1, 0.15) is 0 Å². The molecule has 3 aromatic carbocycles. The highest BCUT2D eigenvalue weighted by Crippen LogP contribution is 2.31. The Morgan fingerprint density at radius 2 is 1.74 bits per heavy atom. The van der Waals surface area contributed by atoms with E-state index in [-0.39, 0.29) is 17.2 Å². The Labute approximate surface area is 197 Å².